The first kappa shape index (κ1) is 32.0. The summed E-state index contributed by atoms with van der Waals surface area (Å²) >= 11 is 0. The molecule has 10 heteroatoms. The molecule has 1 amide bonds. The fourth-order valence-electron chi connectivity index (χ4n) is 5.24. The predicted octanol–water partition coefficient (Wildman–Crippen LogP) is 7.31. The molecule has 48 heavy (non-hydrogen) atoms. The van der Waals surface area contributed by atoms with Crippen LogP contribution in [0.1, 0.15) is 18.1 Å². The van der Waals surface area contributed by atoms with E-state index in [-0.39, 0.29) is 5.91 Å². The highest BCUT2D eigenvalue weighted by Gasteiger charge is 2.21. The number of rotatable bonds is 14. The maximum absolute atomic E-state index is 12.3. The first-order valence-corrected chi connectivity index (χ1v) is 15.7. The molecular formula is C38H37N7O3. The molecule has 0 spiro atoms. The van der Waals surface area contributed by atoms with Gasteiger partial charge in [-0.2, -0.15) is 9.97 Å². The second-order valence-corrected chi connectivity index (χ2v) is 11.0. The van der Waals surface area contributed by atoms with Crippen LogP contribution in [0.25, 0.3) is 16.9 Å². The Labute approximate surface area is 279 Å². The third kappa shape index (κ3) is 8.04. The number of carbonyl (C=O) groups excluding carboxylic acids is 1. The van der Waals surface area contributed by atoms with Crippen LogP contribution in [-0.4, -0.2) is 45.7 Å². The van der Waals surface area contributed by atoms with E-state index in [1.54, 1.807) is 26.4 Å². The number of hydrogen-bond acceptors (Lipinski definition) is 8. The molecule has 0 aliphatic carbocycles. The van der Waals surface area contributed by atoms with Crippen LogP contribution >= 0.6 is 0 Å². The predicted molar refractivity (Wildman–Crippen MR) is 190 cm³/mol. The standard InChI is InChI=1S/C38H37N7O3/c1-3-11-34(46)40-31-16-10-17-32(24-31)45-27-39-35-36(44(25-28-12-6-4-7-13-28)26-29-14-8-5-9-15-29)42-38(43-37(35)45)41-30-18-20-33(21-19-30)48-23-22-47-2/h3-21,24,27H,22-23,25-26H2,1-2H3,(H,40,46)(H,41,42,43)/b11-3+. The van der Waals surface area contributed by atoms with Crippen molar-refractivity contribution in [1.29, 1.82) is 0 Å². The third-order valence-corrected chi connectivity index (χ3v) is 7.49. The number of ether oxygens (including phenoxy) is 2. The summed E-state index contributed by atoms with van der Waals surface area (Å²) in [6, 6.07) is 35.9. The summed E-state index contributed by atoms with van der Waals surface area (Å²) in [6.45, 7) is 4.00. The van der Waals surface area contributed by atoms with E-state index in [1.165, 1.54) is 6.08 Å². The molecule has 0 saturated heterocycles. The molecule has 6 aromatic rings. The number of carbonyl (C=O) groups is 1. The molecule has 2 heterocycles. The average Bonchev–Trinajstić information content (AvgIpc) is 3.54. The van der Waals surface area contributed by atoms with Gasteiger partial charge in [-0.3, -0.25) is 9.36 Å². The number of imidazole rings is 1. The maximum Gasteiger partial charge on any atom is 0.248 e. The van der Waals surface area contributed by atoms with Crippen molar-refractivity contribution in [3.63, 3.8) is 0 Å². The topological polar surface area (TPSA) is 106 Å². The molecule has 0 aliphatic heterocycles. The van der Waals surface area contributed by atoms with Gasteiger partial charge in [-0.25, -0.2) is 4.98 Å². The van der Waals surface area contributed by atoms with Crippen molar-refractivity contribution >= 4 is 40.2 Å². The number of nitrogens with one attached hydrogen (secondary N) is 2. The molecule has 242 valence electrons. The van der Waals surface area contributed by atoms with Crippen LogP contribution in [-0.2, 0) is 22.6 Å². The van der Waals surface area contributed by atoms with E-state index < -0.39 is 0 Å². The second kappa shape index (κ2) is 15.5. The Morgan fingerprint density at radius 1 is 0.833 bits per heavy atom. The number of methoxy groups -OCH3 is 1. The SMILES string of the molecule is C/C=C/C(=O)Nc1cccc(-n2cnc3c(N(Cc4ccccc4)Cc4ccccc4)nc(Nc4ccc(OCCOC)cc4)nc32)c1. The van der Waals surface area contributed by atoms with Crippen LogP contribution in [0.15, 0.2) is 128 Å². The zero-order valence-electron chi connectivity index (χ0n) is 26.9. The Morgan fingerprint density at radius 2 is 1.54 bits per heavy atom. The molecular weight excluding hydrogens is 602 g/mol. The van der Waals surface area contributed by atoms with E-state index in [2.05, 4.69) is 39.8 Å². The Kier molecular flexibility index (Phi) is 10.3. The summed E-state index contributed by atoms with van der Waals surface area (Å²) in [5.74, 6) is 1.64. The zero-order chi connectivity index (χ0) is 33.1. The molecule has 0 fully saturated rings. The van der Waals surface area contributed by atoms with Crippen molar-refractivity contribution in [2.45, 2.75) is 20.0 Å². The number of benzene rings is 4. The molecule has 0 aliphatic rings. The monoisotopic (exact) mass is 639 g/mol. The second-order valence-electron chi connectivity index (χ2n) is 11.0. The third-order valence-electron chi connectivity index (χ3n) is 7.49. The molecule has 0 saturated carbocycles. The van der Waals surface area contributed by atoms with E-state index in [1.807, 2.05) is 89.5 Å². The van der Waals surface area contributed by atoms with Crippen LogP contribution in [0.5, 0.6) is 5.75 Å². The highest BCUT2D eigenvalue weighted by molar-refractivity contribution is 5.99. The lowest BCUT2D eigenvalue weighted by molar-refractivity contribution is -0.111. The average molecular weight is 640 g/mol. The van der Waals surface area contributed by atoms with Gasteiger partial charge in [-0.05, 0) is 66.6 Å². The molecule has 2 N–H and O–H groups in total. The summed E-state index contributed by atoms with van der Waals surface area (Å²) < 4.78 is 12.7. The van der Waals surface area contributed by atoms with Crippen molar-refractivity contribution < 1.29 is 14.3 Å². The number of allylic oxidation sites excluding steroid dienone is 1. The summed E-state index contributed by atoms with van der Waals surface area (Å²) in [5.41, 5.74) is 5.80. The minimum absolute atomic E-state index is 0.200. The summed E-state index contributed by atoms with van der Waals surface area (Å²) in [6.07, 6.45) is 4.94. The first-order valence-electron chi connectivity index (χ1n) is 15.7. The van der Waals surface area contributed by atoms with E-state index in [0.717, 1.165) is 28.3 Å². The largest absolute Gasteiger partial charge is 0.491 e. The first-order chi connectivity index (χ1) is 23.6. The number of amides is 1. The molecule has 0 atom stereocenters. The van der Waals surface area contributed by atoms with Crippen molar-refractivity contribution in [3.8, 4) is 11.4 Å². The maximum atomic E-state index is 12.3. The Hall–Kier alpha value is -6.00. The molecule has 0 bridgehead atoms. The van der Waals surface area contributed by atoms with Gasteiger partial charge in [-0.15, -0.1) is 0 Å². The van der Waals surface area contributed by atoms with Crippen molar-refractivity contribution in [3.05, 3.63) is 139 Å². The normalized spacial score (nSPS) is 11.1. The van der Waals surface area contributed by atoms with Crippen LogP contribution in [0.3, 0.4) is 0 Å². The van der Waals surface area contributed by atoms with Crippen LogP contribution < -0.4 is 20.3 Å². The minimum Gasteiger partial charge on any atom is -0.491 e. The van der Waals surface area contributed by atoms with E-state index in [9.17, 15) is 4.79 Å². The number of anilines is 4. The lowest BCUT2D eigenvalue weighted by Gasteiger charge is -2.25. The van der Waals surface area contributed by atoms with Gasteiger partial charge in [-0.1, -0.05) is 72.8 Å². The fraction of sp³-hybridized carbons (Fsp3) is 0.158. The van der Waals surface area contributed by atoms with Crippen molar-refractivity contribution in [1.82, 2.24) is 19.5 Å². The van der Waals surface area contributed by atoms with Gasteiger partial charge in [0.15, 0.2) is 17.0 Å². The molecule has 6 rings (SSSR count). The van der Waals surface area contributed by atoms with Crippen LogP contribution in [0, 0.1) is 0 Å². The van der Waals surface area contributed by atoms with Gasteiger partial charge in [0.1, 0.15) is 18.7 Å². The highest BCUT2D eigenvalue weighted by atomic mass is 16.5. The zero-order valence-corrected chi connectivity index (χ0v) is 26.9. The van der Waals surface area contributed by atoms with Crippen LogP contribution in [0.2, 0.25) is 0 Å². The number of aromatic nitrogens is 4. The van der Waals surface area contributed by atoms with Gasteiger partial charge in [0.05, 0.1) is 12.3 Å². The van der Waals surface area contributed by atoms with Crippen molar-refractivity contribution in [2.75, 3.05) is 35.9 Å². The highest BCUT2D eigenvalue weighted by Crippen LogP contribution is 2.31. The molecule has 10 nitrogen and oxygen atoms in total. The Bertz CT molecular complexity index is 1940. The Balaban J connectivity index is 1.43. The lowest BCUT2D eigenvalue weighted by Crippen LogP contribution is -2.24. The summed E-state index contributed by atoms with van der Waals surface area (Å²) in [5, 5.41) is 6.31. The van der Waals surface area contributed by atoms with Crippen LogP contribution in [0.4, 0.5) is 23.1 Å². The smallest absolute Gasteiger partial charge is 0.248 e. The van der Waals surface area contributed by atoms with Gasteiger partial charge in [0.2, 0.25) is 11.9 Å². The molecule has 4 aromatic carbocycles. The molecule has 0 unspecified atom stereocenters. The van der Waals surface area contributed by atoms with Crippen molar-refractivity contribution in [2.24, 2.45) is 0 Å². The minimum atomic E-state index is -0.200. The number of fused-ring (bicyclic) bond motifs is 1. The van der Waals surface area contributed by atoms with E-state index >= 15 is 0 Å². The van der Waals surface area contributed by atoms with Gasteiger partial charge >= 0.3 is 0 Å². The quantitative estimate of drug-likeness (QED) is 0.0945. The van der Waals surface area contributed by atoms with Gasteiger partial charge < -0.3 is 25.0 Å². The van der Waals surface area contributed by atoms with Gasteiger partial charge in [0.25, 0.3) is 0 Å². The fourth-order valence-corrected chi connectivity index (χ4v) is 5.24. The number of nitrogens with zero attached hydrogens (tertiary/aromatic N) is 5. The van der Waals surface area contributed by atoms with E-state index in [4.69, 9.17) is 24.4 Å². The lowest BCUT2D eigenvalue weighted by atomic mass is 10.1. The van der Waals surface area contributed by atoms with E-state index in [0.29, 0.717) is 54.9 Å². The Morgan fingerprint density at radius 3 is 2.21 bits per heavy atom. The summed E-state index contributed by atoms with van der Waals surface area (Å²) in [7, 11) is 1.65. The molecule has 0 radical (unpaired) electrons. The summed E-state index contributed by atoms with van der Waals surface area (Å²) in [4.78, 5) is 29.4. The van der Waals surface area contributed by atoms with Gasteiger partial charge in [0, 0.05) is 31.6 Å². The number of hydrogen-bond donors (Lipinski definition) is 2. The molecule has 2 aromatic heterocycles.